The third-order valence-corrected chi connectivity index (χ3v) is 6.70. The molecule has 0 fully saturated rings. The number of hydrogen-bond acceptors (Lipinski definition) is 8. The van der Waals surface area contributed by atoms with Gasteiger partial charge in [-0.15, -0.1) is 10.2 Å². The highest BCUT2D eigenvalue weighted by Crippen LogP contribution is 2.29. The molecule has 7 nitrogen and oxygen atoms in total. The number of ether oxygens (including phenoxy) is 1. The van der Waals surface area contributed by atoms with E-state index < -0.39 is 0 Å². The van der Waals surface area contributed by atoms with Crippen LogP contribution in [-0.4, -0.2) is 58.6 Å². The summed E-state index contributed by atoms with van der Waals surface area (Å²) in [6.07, 6.45) is 0. The van der Waals surface area contributed by atoms with Gasteiger partial charge in [-0.2, -0.15) is 0 Å². The number of amides is 2. The fraction of sp³-hybridized carbons (Fsp3) is 0.412. The molecule has 0 aliphatic carbocycles. The molecule has 0 aliphatic heterocycles. The van der Waals surface area contributed by atoms with Crippen molar-refractivity contribution in [3.05, 3.63) is 24.3 Å². The van der Waals surface area contributed by atoms with Crippen molar-refractivity contribution >= 4 is 52.4 Å². The number of nitrogens with one attached hydrogen (secondary N) is 1. The Bertz CT molecular complexity index is 748. The van der Waals surface area contributed by atoms with Gasteiger partial charge in [0.05, 0.1) is 18.6 Å². The highest BCUT2D eigenvalue weighted by molar-refractivity contribution is 8.03. The Balaban J connectivity index is 1.76. The Morgan fingerprint density at radius 1 is 1.07 bits per heavy atom. The summed E-state index contributed by atoms with van der Waals surface area (Å²) in [6, 6.07) is 7.15. The molecule has 2 amide bonds. The molecule has 0 saturated heterocycles. The van der Waals surface area contributed by atoms with Gasteiger partial charge >= 0.3 is 0 Å². The zero-order valence-corrected chi connectivity index (χ0v) is 17.9. The Morgan fingerprint density at radius 3 is 2.22 bits per heavy atom. The van der Waals surface area contributed by atoms with Gasteiger partial charge in [0.1, 0.15) is 5.75 Å². The summed E-state index contributed by atoms with van der Waals surface area (Å²) in [4.78, 5) is 25.8. The van der Waals surface area contributed by atoms with Gasteiger partial charge < -0.3 is 15.0 Å². The van der Waals surface area contributed by atoms with Crippen molar-refractivity contribution in [1.82, 2.24) is 15.1 Å². The zero-order chi connectivity index (χ0) is 19.6. The van der Waals surface area contributed by atoms with E-state index in [2.05, 4.69) is 15.5 Å². The molecule has 0 saturated carbocycles. The van der Waals surface area contributed by atoms with E-state index in [0.29, 0.717) is 28.9 Å². The summed E-state index contributed by atoms with van der Waals surface area (Å²) >= 11 is 4.09. The maximum atomic E-state index is 12.0. The minimum atomic E-state index is -0.119. The smallest absolute Gasteiger partial charge is 0.234 e. The van der Waals surface area contributed by atoms with E-state index in [-0.39, 0.29) is 17.6 Å². The van der Waals surface area contributed by atoms with Crippen LogP contribution in [0.5, 0.6) is 5.75 Å². The van der Waals surface area contributed by atoms with Crippen LogP contribution in [0.4, 0.5) is 5.69 Å². The van der Waals surface area contributed by atoms with Crippen LogP contribution in [0.1, 0.15) is 13.8 Å². The highest BCUT2D eigenvalue weighted by Gasteiger charge is 2.13. The van der Waals surface area contributed by atoms with E-state index in [0.717, 1.165) is 10.1 Å². The summed E-state index contributed by atoms with van der Waals surface area (Å²) in [7, 11) is 1.60. The lowest BCUT2D eigenvalue weighted by atomic mass is 10.3. The second kappa shape index (κ2) is 11.2. The van der Waals surface area contributed by atoms with E-state index in [1.54, 1.807) is 36.3 Å². The summed E-state index contributed by atoms with van der Waals surface area (Å²) in [5, 5.41) is 11.0. The number of benzene rings is 1. The van der Waals surface area contributed by atoms with Crippen LogP contribution in [0.3, 0.4) is 0 Å². The van der Waals surface area contributed by atoms with Gasteiger partial charge in [0, 0.05) is 18.8 Å². The average molecular weight is 427 g/mol. The molecule has 2 aromatic rings. The first kappa shape index (κ1) is 21.5. The first-order chi connectivity index (χ1) is 13.0. The summed E-state index contributed by atoms with van der Waals surface area (Å²) in [5.74, 6) is 1.29. The summed E-state index contributed by atoms with van der Waals surface area (Å²) in [5.41, 5.74) is 0.713. The topological polar surface area (TPSA) is 84.4 Å². The number of anilines is 1. The van der Waals surface area contributed by atoms with Gasteiger partial charge in [0.15, 0.2) is 8.68 Å². The number of thioether (sulfide) groups is 2. The lowest BCUT2D eigenvalue weighted by Crippen LogP contribution is -2.31. The van der Waals surface area contributed by atoms with Gasteiger partial charge in [-0.3, -0.25) is 9.59 Å². The first-order valence-electron chi connectivity index (χ1n) is 8.36. The van der Waals surface area contributed by atoms with Gasteiger partial charge in [-0.25, -0.2) is 0 Å². The molecule has 27 heavy (non-hydrogen) atoms. The van der Waals surface area contributed by atoms with Crippen LogP contribution in [0, 0.1) is 0 Å². The first-order valence-corrected chi connectivity index (χ1v) is 11.1. The SMILES string of the molecule is CCN(CC)C(=O)CSc1nnc(SCC(=O)Nc2ccc(OC)cc2)s1. The molecule has 1 aromatic heterocycles. The number of rotatable bonds is 10. The molecule has 0 radical (unpaired) electrons. The van der Waals surface area contributed by atoms with Gasteiger partial charge in [-0.05, 0) is 38.1 Å². The molecule has 0 unspecified atom stereocenters. The second-order valence-electron chi connectivity index (χ2n) is 5.25. The maximum Gasteiger partial charge on any atom is 0.234 e. The van der Waals surface area contributed by atoms with E-state index >= 15 is 0 Å². The Morgan fingerprint density at radius 2 is 1.67 bits per heavy atom. The maximum absolute atomic E-state index is 12.0. The fourth-order valence-electron chi connectivity index (χ4n) is 2.10. The Hall–Kier alpha value is -1.78. The van der Waals surface area contributed by atoms with Crippen LogP contribution in [-0.2, 0) is 9.59 Å². The molecule has 10 heteroatoms. The monoisotopic (exact) mass is 426 g/mol. The summed E-state index contributed by atoms with van der Waals surface area (Å²) in [6.45, 7) is 5.33. The van der Waals surface area contributed by atoms with Crippen molar-refractivity contribution in [1.29, 1.82) is 0 Å². The predicted molar refractivity (Wildman–Crippen MR) is 111 cm³/mol. The van der Waals surface area contributed by atoms with E-state index in [1.165, 1.54) is 34.9 Å². The van der Waals surface area contributed by atoms with Crippen LogP contribution in [0.15, 0.2) is 32.9 Å². The number of hydrogen-bond donors (Lipinski definition) is 1. The van der Waals surface area contributed by atoms with Crippen molar-refractivity contribution in [2.45, 2.75) is 22.5 Å². The lowest BCUT2D eigenvalue weighted by Gasteiger charge is -2.17. The van der Waals surface area contributed by atoms with Crippen molar-refractivity contribution in [2.75, 3.05) is 37.0 Å². The van der Waals surface area contributed by atoms with E-state index in [4.69, 9.17) is 4.74 Å². The fourth-order valence-corrected chi connectivity index (χ4v) is 4.83. The Labute approximate surface area is 171 Å². The number of carbonyl (C=O) groups excluding carboxylic acids is 2. The zero-order valence-electron chi connectivity index (χ0n) is 15.4. The normalized spacial score (nSPS) is 10.5. The molecule has 0 bridgehead atoms. The molecule has 1 N–H and O–H groups in total. The van der Waals surface area contributed by atoms with Crippen molar-refractivity contribution < 1.29 is 14.3 Å². The molecule has 2 rings (SSSR count). The van der Waals surface area contributed by atoms with Crippen molar-refractivity contribution in [2.24, 2.45) is 0 Å². The molecule has 146 valence electrons. The number of nitrogens with zero attached hydrogens (tertiary/aromatic N) is 3. The quantitative estimate of drug-likeness (QED) is 0.584. The van der Waals surface area contributed by atoms with Gasteiger partial charge in [0.25, 0.3) is 0 Å². The number of methoxy groups -OCH3 is 1. The van der Waals surface area contributed by atoms with E-state index in [1.807, 2.05) is 13.8 Å². The largest absolute Gasteiger partial charge is 0.497 e. The standard InChI is InChI=1S/C17H22N4O3S3/c1-4-21(5-2)15(23)11-26-17-20-19-16(27-17)25-10-14(22)18-12-6-8-13(24-3)9-7-12/h6-9H,4-5,10-11H2,1-3H3,(H,18,22). The van der Waals surface area contributed by atoms with Gasteiger partial charge in [-0.1, -0.05) is 34.9 Å². The minimum Gasteiger partial charge on any atom is -0.497 e. The number of aromatic nitrogens is 2. The lowest BCUT2D eigenvalue weighted by molar-refractivity contribution is -0.128. The van der Waals surface area contributed by atoms with Crippen LogP contribution < -0.4 is 10.1 Å². The number of carbonyl (C=O) groups is 2. The Kier molecular flexibility index (Phi) is 8.89. The third-order valence-electron chi connectivity index (χ3n) is 3.52. The van der Waals surface area contributed by atoms with Crippen molar-refractivity contribution in [3.63, 3.8) is 0 Å². The van der Waals surface area contributed by atoms with Gasteiger partial charge in [0.2, 0.25) is 11.8 Å². The molecule has 0 spiro atoms. The third kappa shape index (κ3) is 7.04. The molecule has 1 aromatic carbocycles. The molecular formula is C17H22N4O3S3. The average Bonchev–Trinajstić information content (AvgIpc) is 3.14. The van der Waals surface area contributed by atoms with Crippen LogP contribution >= 0.6 is 34.9 Å². The van der Waals surface area contributed by atoms with Crippen LogP contribution in [0.2, 0.25) is 0 Å². The van der Waals surface area contributed by atoms with Crippen molar-refractivity contribution in [3.8, 4) is 5.75 Å². The molecule has 0 atom stereocenters. The highest BCUT2D eigenvalue weighted by atomic mass is 32.2. The van der Waals surface area contributed by atoms with E-state index in [9.17, 15) is 9.59 Å². The summed E-state index contributed by atoms with van der Waals surface area (Å²) < 4.78 is 6.52. The molecule has 0 aliphatic rings. The molecule has 1 heterocycles. The second-order valence-corrected chi connectivity index (χ2v) is 8.68. The minimum absolute atomic E-state index is 0.0910. The molecular weight excluding hydrogens is 404 g/mol. The van der Waals surface area contributed by atoms with Crippen LogP contribution in [0.25, 0.3) is 0 Å². The predicted octanol–water partition coefficient (Wildman–Crippen LogP) is 3.24.